The monoisotopic (exact) mass is 214 g/mol. The van der Waals surface area contributed by atoms with E-state index in [0.29, 0.717) is 0 Å². The number of benzene rings is 3. The number of hydrogen-bond donors (Lipinski definition) is 0. The first kappa shape index (κ1) is 8.81. The first-order valence-corrected chi connectivity index (χ1v) is 5.80. The predicted octanol–water partition coefficient (Wildman–Crippen LogP) is 4.63. The van der Waals surface area contributed by atoms with Gasteiger partial charge in [0.05, 0.1) is 0 Å². The Balaban J connectivity index is 2.45. The molecule has 0 spiro atoms. The minimum absolute atomic E-state index is 1.26. The summed E-state index contributed by atoms with van der Waals surface area (Å²) in [5, 5.41) is 5.30. The van der Waals surface area contributed by atoms with Gasteiger partial charge in [0.25, 0.3) is 0 Å². The molecule has 0 bridgehead atoms. The number of hydrogen-bond acceptors (Lipinski definition) is 0. The van der Waals surface area contributed by atoms with Gasteiger partial charge in [0.15, 0.2) is 0 Å². The second-order valence-electron chi connectivity index (χ2n) is 4.41. The van der Waals surface area contributed by atoms with Gasteiger partial charge in [0.1, 0.15) is 0 Å². The molecule has 0 fully saturated rings. The Bertz CT molecular complexity index is 749. The molecule has 0 radical (unpaired) electrons. The van der Waals surface area contributed by atoms with Crippen molar-refractivity contribution in [3.63, 3.8) is 0 Å². The zero-order chi connectivity index (χ0) is 11.2. The normalized spacial score (nSPS) is 12.5. The molecule has 0 N–H and O–H groups in total. The lowest BCUT2D eigenvalue weighted by Crippen LogP contribution is -1.83. The molecule has 1 aliphatic carbocycles. The van der Waals surface area contributed by atoms with Crippen LogP contribution in [0.4, 0.5) is 0 Å². The SMILES string of the molecule is C1=Cc2cccc3ccc4cccc(c4c23)C=1. The van der Waals surface area contributed by atoms with Crippen LogP contribution in [0, 0.1) is 0 Å². The Hall–Kier alpha value is -2.30. The van der Waals surface area contributed by atoms with Crippen molar-refractivity contribution in [2.45, 2.75) is 0 Å². The first-order chi connectivity index (χ1) is 8.43. The smallest absolute Gasteiger partial charge is 0.00204 e. The molecule has 0 aliphatic heterocycles. The van der Waals surface area contributed by atoms with Crippen LogP contribution in [0.1, 0.15) is 11.1 Å². The fourth-order valence-corrected chi connectivity index (χ4v) is 2.67. The van der Waals surface area contributed by atoms with Crippen molar-refractivity contribution in [3.05, 3.63) is 65.4 Å². The van der Waals surface area contributed by atoms with E-state index in [1.807, 2.05) is 0 Å². The molecular formula is C17H10. The maximum absolute atomic E-state index is 3.26. The molecule has 1 aliphatic rings. The van der Waals surface area contributed by atoms with Crippen LogP contribution in [0.5, 0.6) is 0 Å². The second kappa shape index (κ2) is 3.10. The third kappa shape index (κ3) is 1.13. The molecule has 0 saturated heterocycles. The molecule has 0 amide bonds. The lowest BCUT2D eigenvalue weighted by atomic mass is 9.95. The van der Waals surface area contributed by atoms with Crippen LogP contribution in [0.25, 0.3) is 33.7 Å². The lowest BCUT2D eigenvalue weighted by molar-refractivity contribution is 1.72. The average Bonchev–Trinajstić information content (AvgIpc) is 2.57. The summed E-state index contributed by atoms with van der Waals surface area (Å²) in [6, 6.07) is 17.3. The van der Waals surface area contributed by atoms with Gasteiger partial charge in [-0.15, -0.1) is 5.73 Å². The van der Waals surface area contributed by atoms with Crippen LogP contribution in [0.2, 0.25) is 0 Å². The van der Waals surface area contributed by atoms with Gasteiger partial charge in [0.2, 0.25) is 0 Å². The summed E-state index contributed by atoms with van der Waals surface area (Å²) in [6.07, 6.45) is 4.14. The molecule has 3 aromatic carbocycles. The van der Waals surface area contributed by atoms with Crippen molar-refractivity contribution < 1.29 is 0 Å². The highest BCUT2D eigenvalue weighted by Gasteiger charge is 2.08. The second-order valence-corrected chi connectivity index (χ2v) is 4.41. The Morgan fingerprint density at radius 1 is 0.588 bits per heavy atom. The Morgan fingerprint density at radius 3 is 1.65 bits per heavy atom. The molecule has 0 saturated carbocycles. The summed E-state index contributed by atoms with van der Waals surface area (Å²) >= 11 is 0. The third-order valence-corrected chi connectivity index (χ3v) is 3.43. The molecule has 17 heavy (non-hydrogen) atoms. The zero-order valence-electron chi connectivity index (χ0n) is 9.27. The molecule has 0 aromatic heterocycles. The summed E-state index contributed by atoms with van der Waals surface area (Å²) in [6.45, 7) is 0. The molecule has 3 aromatic rings. The molecule has 4 rings (SSSR count). The maximum atomic E-state index is 3.26. The van der Waals surface area contributed by atoms with E-state index in [9.17, 15) is 0 Å². The summed E-state index contributed by atoms with van der Waals surface area (Å²) in [5.74, 6) is 0. The van der Waals surface area contributed by atoms with E-state index in [2.05, 4.69) is 66.4 Å². The fourth-order valence-electron chi connectivity index (χ4n) is 2.67. The van der Waals surface area contributed by atoms with Crippen LogP contribution >= 0.6 is 0 Å². The fraction of sp³-hybridized carbons (Fsp3) is 0. The van der Waals surface area contributed by atoms with Crippen LogP contribution in [-0.4, -0.2) is 0 Å². The average molecular weight is 214 g/mol. The minimum Gasteiger partial charge on any atom is -0.120 e. The van der Waals surface area contributed by atoms with Crippen molar-refractivity contribution in [2.24, 2.45) is 0 Å². The van der Waals surface area contributed by atoms with Crippen LogP contribution in [-0.2, 0) is 0 Å². The number of rotatable bonds is 0. The van der Waals surface area contributed by atoms with Crippen molar-refractivity contribution in [3.8, 4) is 0 Å². The zero-order valence-corrected chi connectivity index (χ0v) is 9.27. The van der Waals surface area contributed by atoms with Crippen LogP contribution < -0.4 is 0 Å². The van der Waals surface area contributed by atoms with Gasteiger partial charge in [-0.1, -0.05) is 48.5 Å². The van der Waals surface area contributed by atoms with E-state index in [0.717, 1.165) is 0 Å². The van der Waals surface area contributed by atoms with E-state index in [1.165, 1.54) is 32.7 Å². The summed E-state index contributed by atoms with van der Waals surface area (Å²) < 4.78 is 0. The highest BCUT2D eigenvalue weighted by atomic mass is 14.1. The van der Waals surface area contributed by atoms with Gasteiger partial charge in [-0.2, -0.15) is 0 Å². The molecule has 0 heteroatoms. The van der Waals surface area contributed by atoms with Crippen LogP contribution in [0.15, 0.2) is 54.3 Å². The highest BCUT2D eigenvalue weighted by Crippen LogP contribution is 2.33. The van der Waals surface area contributed by atoms with E-state index in [4.69, 9.17) is 0 Å². The van der Waals surface area contributed by atoms with E-state index in [-0.39, 0.29) is 0 Å². The minimum atomic E-state index is 1.26. The van der Waals surface area contributed by atoms with Gasteiger partial charge >= 0.3 is 0 Å². The summed E-state index contributed by atoms with van der Waals surface area (Å²) in [5.41, 5.74) is 5.78. The van der Waals surface area contributed by atoms with E-state index < -0.39 is 0 Å². The Morgan fingerprint density at radius 2 is 1.12 bits per heavy atom. The van der Waals surface area contributed by atoms with Crippen molar-refractivity contribution >= 4 is 33.7 Å². The predicted molar refractivity (Wildman–Crippen MR) is 73.9 cm³/mol. The molecular weight excluding hydrogens is 204 g/mol. The quantitative estimate of drug-likeness (QED) is 0.295. The summed E-state index contributed by atoms with van der Waals surface area (Å²) in [7, 11) is 0. The maximum Gasteiger partial charge on any atom is -0.00204 e. The van der Waals surface area contributed by atoms with Crippen molar-refractivity contribution in [1.82, 2.24) is 0 Å². The van der Waals surface area contributed by atoms with Crippen molar-refractivity contribution in [2.75, 3.05) is 0 Å². The molecule has 0 heterocycles. The molecule has 0 unspecified atom stereocenters. The topological polar surface area (TPSA) is 0 Å². The van der Waals surface area contributed by atoms with Gasteiger partial charge in [-0.05, 0) is 44.8 Å². The Kier molecular flexibility index (Phi) is 1.61. The third-order valence-electron chi connectivity index (χ3n) is 3.43. The lowest BCUT2D eigenvalue weighted by Gasteiger charge is -2.08. The highest BCUT2D eigenvalue weighted by molar-refractivity contribution is 6.15. The largest absolute Gasteiger partial charge is 0.120 e. The van der Waals surface area contributed by atoms with Gasteiger partial charge in [0, 0.05) is 0 Å². The van der Waals surface area contributed by atoms with Crippen molar-refractivity contribution in [1.29, 1.82) is 0 Å². The van der Waals surface area contributed by atoms with E-state index >= 15 is 0 Å². The standard InChI is InChI=1S/C17H10/c1-4-12-6-2-8-14-10-11-15-9-3-7-13(5-1)17(15)16(12)14/h2-11H. The van der Waals surface area contributed by atoms with Gasteiger partial charge < -0.3 is 0 Å². The Labute approximate surface area is 99.5 Å². The molecule has 78 valence electrons. The van der Waals surface area contributed by atoms with Crippen LogP contribution in [0.3, 0.4) is 0 Å². The van der Waals surface area contributed by atoms with Gasteiger partial charge in [-0.3, -0.25) is 0 Å². The summed E-state index contributed by atoms with van der Waals surface area (Å²) in [4.78, 5) is 0. The molecule has 0 atom stereocenters. The van der Waals surface area contributed by atoms with Gasteiger partial charge in [-0.25, -0.2) is 0 Å². The first-order valence-electron chi connectivity index (χ1n) is 5.80. The molecule has 0 nitrogen and oxygen atoms in total. The van der Waals surface area contributed by atoms with E-state index in [1.54, 1.807) is 0 Å².